The number of aliphatic hydroxyl groups is 1. The van der Waals surface area contributed by atoms with Gasteiger partial charge in [-0.1, -0.05) is 0 Å². The molecular weight excluding hydrogens is 272 g/mol. The van der Waals surface area contributed by atoms with Crippen molar-refractivity contribution in [3.63, 3.8) is 0 Å². The van der Waals surface area contributed by atoms with Crippen LogP contribution in [0.5, 0.6) is 0 Å². The Morgan fingerprint density at radius 1 is 1.35 bits per heavy atom. The molecule has 0 fully saturated rings. The van der Waals surface area contributed by atoms with Crippen LogP contribution in [0, 0.1) is 0 Å². The van der Waals surface area contributed by atoms with Gasteiger partial charge in [0.15, 0.2) is 0 Å². The zero-order valence-electron chi connectivity index (χ0n) is 10.2. The van der Waals surface area contributed by atoms with Crippen LogP contribution < -0.4 is 5.32 Å². The normalized spacial score (nSPS) is 12.4. The number of carbonyl (C=O) groups is 1. The van der Waals surface area contributed by atoms with Crippen LogP contribution in [0.3, 0.4) is 0 Å². The number of carbonyl (C=O) groups excluding carboxylic acids is 1. The number of alkyl halides is 2. The Balaban J connectivity index is 1.98. The summed E-state index contributed by atoms with van der Waals surface area (Å²) in [6.45, 7) is -0.512. The van der Waals surface area contributed by atoms with Crippen LogP contribution in [0.15, 0.2) is 35.1 Å². The molecule has 20 heavy (non-hydrogen) atoms. The molecule has 1 unspecified atom stereocenters. The van der Waals surface area contributed by atoms with E-state index < -0.39 is 25.0 Å². The van der Waals surface area contributed by atoms with Crippen LogP contribution >= 0.6 is 0 Å². The number of rotatable bonds is 5. The molecule has 0 saturated heterocycles. The van der Waals surface area contributed by atoms with Gasteiger partial charge in [0.2, 0.25) is 12.3 Å². The van der Waals surface area contributed by atoms with Crippen molar-refractivity contribution >= 4 is 5.91 Å². The molecule has 0 spiro atoms. The van der Waals surface area contributed by atoms with Crippen LogP contribution in [0.2, 0.25) is 0 Å². The molecule has 2 N–H and O–H groups in total. The Morgan fingerprint density at radius 3 is 2.60 bits per heavy atom. The Bertz CT molecular complexity index is 558. The van der Waals surface area contributed by atoms with Crippen molar-refractivity contribution in [3.05, 3.63) is 36.2 Å². The molecule has 0 aliphatic rings. The maximum absolute atomic E-state index is 12.1. The first-order chi connectivity index (χ1) is 9.58. The van der Waals surface area contributed by atoms with Crippen molar-refractivity contribution in [2.24, 2.45) is 0 Å². The molecular formula is C12H11F2N3O3. The van der Waals surface area contributed by atoms with Crippen molar-refractivity contribution in [2.75, 3.05) is 6.54 Å². The van der Waals surface area contributed by atoms with E-state index >= 15 is 0 Å². The van der Waals surface area contributed by atoms with Crippen LogP contribution in [0.1, 0.15) is 10.4 Å². The predicted molar refractivity (Wildman–Crippen MR) is 64.1 cm³/mol. The summed E-state index contributed by atoms with van der Waals surface area (Å²) in [6, 6.07) is 6.16. The van der Waals surface area contributed by atoms with Gasteiger partial charge in [0, 0.05) is 17.7 Å². The fraction of sp³-hybridized carbons (Fsp3) is 0.250. The molecule has 1 heterocycles. The van der Waals surface area contributed by atoms with E-state index in [4.69, 9.17) is 9.52 Å². The van der Waals surface area contributed by atoms with Crippen LogP contribution in [-0.2, 0) is 0 Å². The molecule has 0 radical (unpaired) electrons. The lowest BCUT2D eigenvalue weighted by Gasteiger charge is -2.10. The van der Waals surface area contributed by atoms with Crippen molar-refractivity contribution in [3.8, 4) is 11.5 Å². The smallest absolute Gasteiger partial charge is 0.265 e. The Morgan fingerprint density at radius 2 is 2.05 bits per heavy atom. The number of benzene rings is 1. The van der Waals surface area contributed by atoms with Gasteiger partial charge < -0.3 is 14.8 Å². The van der Waals surface area contributed by atoms with Gasteiger partial charge in [-0.2, -0.15) is 0 Å². The van der Waals surface area contributed by atoms with Gasteiger partial charge in [-0.3, -0.25) is 4.79 Å². The van der Waals surface area contributed by atoms with E-state index in [1.807, 2.05) is 0 Å². The van der Waals surface area contributed by atoms with Crippen molar-refractivity contribution < 1.29 is 23.1 Å². The molecule has 0 aliphatic carbocycles. The molecule has 6 nitrogen and oxygen atoms in total. The minimum atomic E-state index is -2.89. The molecule has 8 heteroatoms. The fourth-order valence-electron chi connectivity index (χ4n) is 1.45. The number of aliphatic hydroxyl groups excluding tert-OH is 1. The largest absolute Gasteiger partial charge is 0.423 e. The quantitative estimate of drug-likeness (QED) is 0.857. The second kappa shape index (κ2) is 6.20. The van der Waals surface area contributed by atoms with E-state index in [0.717, 1.165) is 0 Å². The zero-order chi connectivity index (χ0) is 14.5. The van der Waals surface area contributed by atoms with Crippen LogP contribution in [0.4, 0.5) is 8.78 Å². The molecule has 1 aromatic heterocycles. The van der Waals surface area contributed by atoms with Gasteiger partial charge in [-0.15, -0.1) is 10.2 Å². The highest BCUT2D eigenvalue weighted by molar-refractivity contribution is 5.94. The first-order valence-corrected chi connectivity index (χ1v) is 5.69. The Kier molecular flexibility index (Phi) is 4.36. The van der Waals surface area contributed by atoms with Crippen LogP contribution in [0.25, 0.3) is 11.5 Å². The third-order valence-corrected chi connectivity index (χ3v) is 2.52. The predicted octanol–water partition coefficient (Wildman–Crippen LogP) is 1.09. The molecule has 0 aliphatic heterocycles. The molecule has 1 atom stereocenters. The number of nitrogens with zero attached hydrogens (tertiary/aromatic N) is 2. The van der Waals surface area contributed by atoms with Gasteiger partial charge in [0.1, 0.15) is 6.10 Å². The summed E-state index contributed by atoms with van der Waals surface area (Å²) in [5.74, 6) is -0.244. The van der Waals surface area contributed by atoms with E-state index in [2.05, 4.69) is 15.5 Å². The summed E-state index contributed by atoms with van der Waals surface area (Å²) in [5, 5.41) is 18.3. The Hall–Kier alpha value is -2.35. The van der Waals surface area contributed by atoms with Crippen molar-refractivity contribution in [2.45, 2.75) is 12.5 Å². The van der Waals surface area contributed by atoms with E-state index in [-0.39, 0.29) is 5.56 Å². The number of amides is 1. The van der Waals surface area contributed by atoms with Gasteiger partial charge in [0.05, 0.1) is 0 Å². The van der Waals surface area contributed by atoms with E-state index in [1.165, 1.54) is 18.5 Å². The van der Waals surface area contributed by atoms with E-state index in [1.54, 1.807) is 12.1 Å². The first-order valence-electron chi connectivity index (χ1n) is 5.69. The maximum Gasteiger partial charge on any atom is 0.265 e. The number of halogens is 2. The molecule has 1 aromatic carbocycles. The summed E-state index contributed by atoms with van der Waals surface area (Å²) >= 11 is 0. The fourth-order valence-corrected chi connectivity index (χ4v) is 1.45. The number of hydrogen-bond acceptors (Lipinski definition) is 5. The monoisotopic (exact) mass is 283 g/mol. The highest BCUT2D eigenvalue weighted by Gasteiger charge is 2.17. The molecule has 1 amide bonds. The summed E-state index contributed by atoms with van der Waals surface area (Å²) < 4.78 is 29.1. The van der Waals surface area contributed by atoms with Gasteiger partial charge >= 0.3 is 0 Å². The van der Waals surface area contributed by atoms with Crippen LogP contribution in [-0.4, -0.2) is 40.3 Å². The van der Waals surface area contributed by atoms with Crippen molar-refractivity contribution in [1.82, 2.24) is 15.5 Å². The number of nitrogens with one attached hydrogen (secondary N) is 1. The minimum Gasteiger partial charge on any atom is -0.423 e. The van der Waals surface area contributed by atoms with Gasteiger partial charge in [-0.05, 0) is 24.3 Å². The van der Waals surface area contributed by atoms with E-state index in [0.29, 0.717) is 11.5 Å². The average molecular weight is 283 g/mol. The number of aromatic nitrogens is 2. The van der Waals surface area contributed by atoms with Gasteiger partial charge in [-0.25, -0.2) is 8.78 Å². The second-order valence-electron chi connectivity index (χ2n) is 3.93. The number of hydrogen-bond donors (Lipinski definition) is 2. The second-order valence-corrected chi connectivity index (χ2v) is 3.93. The van der Waals surface area contributed by atoms with E-state index in [9.17, 15) is 13.6 Å². The summed E-state index contributed by atoms with van der Waals surface area (Å²) in [7, 11) is 0. The van der Waals surface area contributed by atoms with Crippen molar-refractivity contribution in [1.29, 1.82) is 0 Å². The molecule has 2 aromatic rings. The minimum absolute atomic E-state index is 0.273. The SMILES string of the molecule is O=C(NCC(O)C(F)F)c1ccc(-c2nnco2)cc1. The average Bonchev–Trinajstić information content (AvgIpc) is 2.98. The highest BCUT2D eigenvalue weighted by atomic mass is 19.3. The zero-order valence-corrected chi connectivity index (χ0v) is 10.2. The maximum atomic E-state index is 12.1. The third-order valence-electron chi connectivity index (χ3n) is 2.52. The first kappa shape index (κ1) is 14.1. The summed E-state index contributed by atoms with van der Waals surface area (Å²) in [6.07, 6.45) is -3.59. The third kappa shape index (κ3) is 3.35. The summed E-state index contributed by atoms with van der Waals surface area (Å²) in [4.78, 5) is 11.7. The van der Waals surface area contributed by atoms with Gasteiger partial charge in [0.25, 0.3) is 12.3 Å². The molecule has 0 saturated carbocycles. The molecule has 0 bridgehead atoms. The lowest BCUT2D eigenvalue weighted by molar-refractivity contribution is -0.00270. The lowest BCUT2D eigenvalue weighted by atomic mass is 10.1. The topological polar surface area (TPSA) is 88.2 Å². The highest BCUT2D eigenvalue weighted by Crippen LogP contribution is 2.16. The standard InChI is InChI=1S/C12H11F2N3O3/c13-10(14)9(18)5-15-11(19)7-1-3-8(4-2-7)12-17-16-6-20-12/h1-4,6,9-10,18H,5H2,(H,15,19). The molecule has 106 valence electrons. The summed E-state index contributed by atoms with van der Waals surface area (Å²) in [5.41, 5.74) is 0.904. The Labute approximate surface area is 112 Å². The molecule has 2 rings (SSSR count). The lowest BCUT2D eigenvalue weighted by Crippen LogP contribution is -2.35.